The van der Waals surface area contributed by atoms with Crippen molar-refractivity contribution in [3.8, 4) is 17.4 Å². The number of ether oxygens (including phenoxy) is 2. The van der Waals surface area contributed by atoms with E-state index >= 15 is 0 Å². The van der Waals surface area contributed by atoms with E-state index < -0.39 is 0 Å². The molecule has 4 heterocycles. The van der Waals surface area contributed by atoms with Crippen molar-refractivity contribution >= 4 is 23.5 Å². The maximum atomic E-state index is 12.6. The van der Waals surface area contributed by atoms with E-state index in [9.17, 15) is 4.79 Å². The molecule has 1 aromatic carbocycles. The molecule has 9 nitrogen and oxygen atoms in total. The second-order valence-corrected chi connectivity index (χ2v) is 9.48. The number of hydrogen-bond acceptors (Lipinski definition) is 8. The van der Waals surface area contributed by atoms with Crippen molar-refractivity contribution in [1.29, 1.82) is 0 Å². The van der Waals surface area contributed by atoms with Crippen LogP contribution in [0.15, 0.2) is 43.0 Å². The summed E-state index contributed by atoms with van der Waals surface area (Å²) >= 11 is 1.85. The molecule has 0 radical (unpaired) electrons. The van der Waals surface area contributed by atoms with Gasteiger partial charge < -0.3 is 19.7 Å². The van der Waals surface area contributed by atoms with Crippen LogP contribution in [0.5, 0.6) is 11.5 Å². The number of anilines is 1. The van der Waals surface area contributed by atoms with Gasteiger partial charge in [-0.15, -0.1) is 0 Å². The van der Waals surface area contributed by atoms with Crippen LogP contribution in [-0.4, -0.2) is 62.9 Å². The molecule has 1 saturated heterocycles. The number of carbonyl (C=O) groups is 1. The number of nitrogens with zero attached hydrogens (tertiary/aromatic N) is 5. The van der Waals surface area contributed by atoms with Gasteiger partial charge in [-0.2, -0.15) is 16.7 Å². The first-order chi connectivity index (χ1) is 16.1. The van der Waals surface area contributed by atoms with Crippen molar-refractivity contribution in [2.24, 2.45) is 0 Å². The number of benzene rings is 1. The third kappa shape index (κ3) is 5.22. The molecule has 1 atom stereocenters. The number of aromatic nitrogens is 4. The summed E-state index contributed by atoms with van der Waals surface area (Å²) in [6.07, 6.45) is 6.48. The minimum absolute atomic E-state index is 0.0769. The number of imidazole rings is 1. The monoisotopic (exact) mass is 466 g/mol. The van der Waals surface area contributed by atoms with Crippen molar-refractivity contribution in [3.05, 3.63) is 54.2 Å². The lowest BCUT2D eigenvalue weighted by Crippen LogP contribution is -2.41. The van der Waals surface area contributed by atoms with Crippen LogP contribution in [-0.2, 0) is 11.2 Å². The van der Waals surface area contributed by atoms with E-state index in [1.165, 1.54) is 0 Å². The van der Waals surface area contributed by atoms with Crippen LogP contribution in [0.2, 0.25) is 0 Å². The van der Waals surface area contributed by atoms with Crippen molar-refractivity contribution in [1.82, 2.24) is 24.8 Å². The van der Waals surface area contributed by atoms with Crippen LogP contribution in [0.25, 0.3) is 5.95 Å². The van der Waals surface area contributed by atoms with E-state index in [-0.39, 0.29) is 18.0 Å². The van der Waals surface area contributed by atoms with Gasteiger partial charge in [0.15, 0.2) is 11.5 Å². The Balaban J connectivity index is 1.14. The van der Waals surface area contributed by atoms with E-state index in [4.69, 9.17) is 14.5 Å². The molecule has 0 spiro atoms. The van der Waals surface area contributed by atoms with Crippen LogP contribution >= 0.6 is 11.8 Å². The number of rotatable bonds is 7. The molecule has 0 bridgehead atoms. The van der Waals surface area contributed by atoms with Gasteiger partial charge in [-0.05, 0) is 31.0 Å². The highest BCUT2D eigenvalue weighted by Gasteiger charge is 2.24. The summed E-state index contributed by atoms with van der Waals surface area (Å²) in [6, 6.07) is 7.90. The van der Waals surface area contributed by atoms with Crippen LogP contribution in [0.3, 0.4) is 0 Å². The van der Waals surface area contributed by atoms with E-state index in [1.54, 1.807) is 17.1 Å². The molecule has 1 amide bonds. The summed E-state index contributed by atoms with van der Waals surface area (Å²) in [5.74, 6) is 4.08. The first-order valence-electron chi connectivity index (χ1n) is 11.0. The number of aryl methyl sites for hydroxylation is 1. The third-order valence-corrected chi connectivity index (χ3v) is 6.82. The fourth-order valence-corrected chi connectivity index (χ4v) is 5.18. The molecule has 1 unspecified atom stereocenters. The Bertz CT molecular complexity index is 1120. The second-order valence-electron chi connectivity index (χ2n) is 8.07. The lowest BCUT2D eigenvalue weighted by molar-refractivity contribution is -0.121. The fourth-order valence-electron chi connectivity index (χ4n) is 3.96. The van der Waals surface area contributed by atoms with E-state index in [1.807, 2.05) is 49.1 Å². The van der Waals surface area contributed by atoms with Gasteiger partial charge in [-0.3, -0.25) is 9.36 Å². The highest BCUT2D eigenvalue weighted by molar-refractivity contribution is 8.00. The largest absolute Gasteiger partial charge is 0.454 e. The highest BCUT2D eigenvalue weighted by Crippen LogP contribution is 2.32. The molecule has 2 aliphatic heterocycles. The number of hydrogen-bond donors (Lipinski definition) is 1. The summed E-state index contributed by atoms with van der Waals surface area (Å²) in [5.41, 5.74) is 2.02. The number of carbonyl (C=O) groups excluding carboxylic acids is 1. The average molecular weight is 467 g/mol. The zero-order valence-electron chi connectivity index (χ0n) is 18.4. The minimum atomic E-state index is 0.0769. The second kappa shape index (κ2) is 9.70. The van der Waals surface area contributed by atoms with Gasteiger partial charge in [0.05, 0.1) is 0 Å². The van der Waals surface area contributed by atoms with E-state index in [0.717, 1.165) is 53.8 Å². The number of fused-ring (bicyclic) bond motifs is 1. The van der Waals surface area contributed by atoms with Crippen LogP contribution in [0.4, 0.5) is 5.82 Å². The Morgan fingerprint density at radius 2 is 2.15 bits per heavy atom. The average Bonchev–Trinajstić information content (AvgIpc) is 3.51. The van der Waals surface area contributed by atoms with Crippen molar-refractivity contribution in [2.75, 3.05) is 37.1 Å². The third-order valence-electron chi connectivity index (χ3n) is 5.61. The number of nitrogens with one attached hydrogen (secondary N) is 1. The molecule has 172 valence electrons. The Morgan fingerprint density at radius 3 is 3.03 bits per heavy atom. The van der Waals surface area contributed by atoms with Crippen LogP contribution in [0, 0.1) is 6.92 Å². The standard InChI is InChI=1S/C23H26N6O3S/c1-16-10-21(27-23(26-16)29-7-6-24-14-29)28-8-9-33-18(13-28)12-22(30)25-5-4-17-2-3-19-20(11-17)32-15-31-19/h2-3,6-7,10-11,14,18H,4-5,8-9,12-13,15H2,1H3,(H,25,30). The highest BCUT2D eigenvalue weighted by atomic mass is 32.2. The molecule has 3 aromatic rings. The molecule has 0 saturated carbocycles. The molecular formula is C23H26N6O3S. The molecular weight excluding hydrogens is 440 g/mol. The molecule has 10 heteroatoms. The lowest BCUT2D eigenvalue weighted by atomic mass is 10.1. The summed E-state index contributed by atoms with van der Waals surface area (Å²) in [6.45, 7) is 4.51. The van der Waals surface area contributed by atoms with Gasteiger partial charge in [-0.1, -0.05) is 6.07 Å². The van der Waals surface area contributed by atoms with Gasteiger partial charge in [0.1, 0.15) is 12.1 Å². The zero-order valence-corrected chi connectivity index (χ0v) is 19.3. The maximum absolute atomic E-state index is 12.6. The Kier molecular flexibility index (Phi) is 6.34. The molecule has 1 N–H and O–H groups in total. The first kappa shape index (κ1) is 21.6. The summed E-state index contributed by atoms with van der Waals surface area (Å²) in [7, 11) is 0. The Morgan fingerprint density at radius 1 is 1.24 bits per heavy atom. The smallest absolute Gasteiger partial charge is 0.237 e. The van der Waals surface area contributed by atoms with Gasteiger partial charge >= 0.3 is 0 Å². The van der Waals surface area contributed by atoms with Gasteiger partial charge in [0.2, 0.25) is 18.6 Å². The predicted molar refractivity (Wildman–Crippen MR) is 126 cm³/mol. The van der Waals surface area contributed by atoms with Crippen molar-refractivity contribution in [3.63, 3.8) is 0 Å². The summed E-state index contributed by atoms with van der Waals surface area (Å²) in [4.78, 5) is 28.1. The zero-order chi connectivity index (χ0) is 22.6. The quantitative estimate of drug-likeness (QED) is 0.567. The fraction of sp³-hybridized carbons (Fsp3) is 0.391. The molecule has 5 rings (SSSR count). The van der Waals surface area contributed by atoms with Gasteiger partial charge in [0.25, 0.3) is 0 Å². The molecule has 0 aliphatic carbocycles. The SMILES string of the molecule is Cc1cc(N2CCSC(CC(=O)NCCc3ccc4c(c3)OCO4)C2)nc(-n2ccnc2)n1. The Hall–Kier alpha value is -3.27. The number of amides is 1. The molecule has 2 aliphatic rings. The number of thioether (sulfide) groups is 1. The topological polar surface area (TPSA) is 94.4 Å². The van der Waals surface area contributed by atoms with Gasteiger partial charge in [-0.25, -0.2) is 9.97 Å². The van der Waals surface area contributed by atoms with Crippen molar-refractivity contribution < 1.29 is 14.3 Å². The Labute approximate surface area is 196 Å². The summed E-state index contributed by atoms with van der Waals surface area (Å²) < 4.78 is 12.6. The minimum Gasteiger partial charge on any atom is -0.454 e. The van der Waals surface area contributed by atoms with Crippen LogP contribution < -0.4 is 19.7 Å². The first-order valence-corrected chi connectivity index (χ1v) is 12.0. The van der Waals surface area contributed by atoms with Crippen molar-refractivity contribution in [2.45, 2.75) is 25.0 Å². The molecule has 1 fully saturated rings. The molecule has 33 heavy (non-hydrogen) atoms. The van der Waals surface area contributed by atoms with E-state index in [2.05, 4.69) is 20.2 Å². The normalized spacial score (nSPS) is 17.2. The maximum Gasteiger partial charge on any atom is 0.237 e. The van der Waals surface area contributed by atoms with Gasteiger partial charge in [0, 0.05) is 61.2 Å². The van der Waals surface area contributed by atoms with Crippen LogP contribution in [0.1, 0.15) is 17.7 Å². The summed E-state index contributed by atoms with van der Waals surface area (Å²) in [5, 5.41) is 3.28. The lowest BCUT2D eigenvalue weighted by Gasteiger charge is -2.33. The van der Waals surface area contributed by atoms with E-state index in [0.29, 0.717) is 18.9 Å². The predicted octanol–water partition coefficient (Wildman–Crippen LogP) is 2.37. The molecule has 2 aromatic heterocycles.